The maximum absolute atomic E-state index is 7.20. The highest BCUT2D eigenvalue weighted by Crippen LogP contribution is 2.04. The molecule has 2 nitrogen and oxygen atoms in total. The zero-order chi connectivity index (χ0) is 8.15. The van der Waals surface area contributed by atoms with Gasteiger partial charge in [0.1, 0.15) is 0 Å². The van der Waals surface area contributed by atoms with Crippen molar-refractivity contribution in [2.45, 2.75) is 20.8 Å². The van der Waals surface area contributed by atoms with Gasteiger partial charge in [-0.05, 0) is 18.9 Å². The summed E-state index contributed by atoms with van der Waals surface area (Å²) in [7, 11) is 1.88. The van der Waals surface area contributed by atoms with E-state index in [9.17, 15) is 0 Å². The summed E-state index contributed by atoms with van der Waals surface area (Å²) < 4.78 is 0. The van der Waals surface area contributed by atoms with Crippen LogP contribution in [-0.2, 0) is 0 Å². The zero-order valence-corrected chi connectivity index (χ0v) is 7.15. The molecule has 0 bridgehead atoms. The molecular formula is C8H16N2. The highest BCUT2D eigenvalue weighted by molar-refractivity contribution is 5.90. The molecule has 0 saturated heterocycles. The first-order valence-electron chi connectivity index (χ1n) is 3.52. The quantitative estimate of drug-likeness (QED) is 0.576. The average molecular weight is 140 g/mol. The lowest BCUT2D eigenvalue weighted by atomic mass is 10.1. The highest BCUT2D eigenvalue weighted by Gasteiger charge is 1.98. The molecule has 2 heteroatoms. The van der Waals surface area contributed by atoms with Crippen molar-refractivity contribution in [3.05, 3.63) is 11.8 Å². The topological polar surface area (TPSA) is 35.9 Å². The van der Waals surface area contributed by atoms with Crippen LogP contribution in [0, 0.1) is 11.3 Å². The van der Waals surface area contributed by atoms with Gasteiger partial charge in [0.15, 0.2) is 0 Å². The van der Waals surface area contributed by atoms with E-state index in [1.165, 1.54) is 0 Å². The van der Waals surface area contributed by atoms with Crippen molar-refractivity contribution in [2.24, 2.45) is 5.92 Å². The van der Waals surface area contributed by atoms with Gasteiger partial charge in [0, 0.05) is 18.5 Å². The van der Waals surface area contributed by atoms with Gasteiger partial charge in [-0.1, -0.05) is 13.8 Å². The summed E-state index contributed by atoms with van der Waals surface area (Å²) in [6.45, 7) is 5.98. The van der Waals surface area contributed by atoms with Gasteiger partial charge in [-0.3, -0.25) is 0 Å². The fourth-order valence-electron chi connectivity index (χ4n) is 0.761. The van der Waals surface area contributed by atoms with Crippen LogP contribution in [0.3, 0.4) is 0 Å². The summed E-state index contributed by atoms with van der Waals surface area (Å²) in [6.07, 6.45) is 1.85. The lowest BCUT2D eigenvalue weighted by Gasteiger charge is -2.09. The minimum absolute atomic E-state index is 0.477. The minimum Gasteiger partial charge on any atom is -0.391 e. The Bertz CT molecular complexity index is 145. The van der Waals surface area contributed by atoms with Crippen LogP contribution >= 0.6 is 0 Å². The second-order valence-corrected chi connectivity index (χ2v) is 2.69. The molecule has 0 aromatic carbocycles. The van der Waals surface area contributed by atoms with Crippen molar-refractivity contribution in [3.8, 4) is 0 Å². The van der Waals surface area contributed by atoms with E-state index < -0.39 is 0 Å². The van der Waals surface area contributed by atoms with Gasteiger partial charge in [-0.2, -0.15) is 0 Å². The summed E-state index contributed by atoms with van der Waals surface area (Å²) >= 11 is 0. The van der Waals surface area contributed by atoms with Crippen molar-refractivity contribution in [1.82, 2.24) is 5.32 Å². The second-order valence-electron chi connectivity index (χ2n) is 2.69. The minimum atomic E-state index is 0.477. The summed E-state index contributed by atoms with van der Waals surface area (Å²) in [5.41, 5.74) is 1.71. The van der Waals surface area contributed by atoms with Gasteiger partial charge >= 0.3 is 0 Å². The molecule has 0 saturated carbocycles. The van der Waals surface area contributed by atoms with E-state index in [1.54, 1.807) is 6.92 Å². The molecule has 0 rings (SSSR count). The van der Waals surface area contributed by atoms with Crippen LogP contribution in [0.2, 0.25) is 0 Å². The molecule has 0 heterocycles. The normalized spacial score (nSPS) is 11.9. The smallest absolute Gasteiger partial charge is 0.0300 e. The van der Waals surface area contributed by atoms with Crippen molar-refractivity contribution in [2.75, 3.05) is 7.05 Å². The Morgan fingerprint density at radius 1 is 1.50 bits per heavy atom. The van der Waals surface area contributed by atoms with Crippen molar-refractivity contribution >= 4 is 5.71 Å². The van der Waals surface area contributed by atoms with Crippen LogP contribution in [0.25, 0.3) is 0 Å². The number of hydrogen-bond acceptors (Lipinski definition) is 2. The van der Waals surface area contributed by atoms with Crippen molar-refractivity contribution < 1.29 is 0 Å². The fourth-order valence-corrected chi connectivity index (χ4v) is 0.761. The van der Waals surface area contributed by atoms with E-state index in [0.29, 0.717) is 11.6 Å². The number of rotatable bonds is 3. The Morgan fingerprint density at radius 2 is 2.00 bits per heavy atom. The van der Waals surface area contributed by atoms with Crippen LogP contribution in [0.1, 0.15) is 20.8 Å². The van der Waals surface area contributed by atoms with Gasteiger partial charge < -0.3 is 10.7 Å². The Balaban J connectivity index is 4.18. The molecule has 0 aliphatic carbocycles. The van der Waals surface area contributed by atoms with Gasteiger partial charge in [0.05, 0.1) is 0 Å². The van der Waals surface area contributed by atoms with E-state index in [4.69, 9.17) is 5.41 Å². The van der Waals surface area contributed by atoms with Crippen molar-refractivity contribution in [1.29, 1.82) is 5.41 Å². The van der Waals surface area contributed by atoms with Crippen LogP contribution in [0.5, 0.6) is 0 Å². The molecule has 58 valence electrons. The Morgan fingerprint density at radius 3 is 2.10 bits per heavy atom. The first-order chi connectivity index (χ1) is 4.57. The van der Waals surface area contributed by atoms with E-state index in [-0.39, 0.29) is 0 Å². The van der Waals surface area contributed by atoms with E-state index in [0.717, 1.165) is 5.70 Å². The Kier molecular flexibility index (Phi) is 3.77. The zero-order valence-electron chi connectivity index (χ0n) is 7.15. The maximum atomic E-state index is 7.20. The third-order valence-corrected chi connectivity index (χ3v) is 1.28. The fraction of sp³-hybridized carbons (Fsp3) is 0.625. The van der Waals surface area contributed by atoms with Gasteiger partial charge in [0.25, 0.3) is 0 Å². The molecule has 2 N–H and O–H groups in total. The van der Waals surface area contributed by atoms with E-state index in [1.807, 2.05) is 13.1 Å². The second kappa shape index (κ2) is 4.09. The highest BCUT2D eigenvalue weighted by atomic mass is 14.8. The van der Waals surface area contributed by atoms with Gasteiger partial charge in [-0.25, -0.2) is 0 Å². The number of nitrogens with one attached hydrogen (secondary N) is 2. The summed E-state index contributed by atoms with van der Waals surface area (Å²) in [5, 5.41) is 10.3. The molecule has 0 aliphatic rings. The lowest BCUT2D eigenvalue weighted by Crippen LogP contribution is -2.12. The largest absolute Gasteiger partial charge is 0.391 e. The molecule has 0 atom stereocenters. The number of hydrogen-bond donors (Lipinski definition) is 2. The summed E-state index contributed by atoms with van der Waals surface area (Å²) in [6, 6.07) is 0. The van der Waals surface area contributed by atoms with Crippen molar-refractivity contribution in [3.63, 3.8) is 0 Å². The monoisotopic (exact) mass is 140 g/mol. The van der Waals surface area contributed by atoms with Crippen LogP contribution in [0.15, 0.2) is 11.8 Å². The predicted molar refractivity (Wildman–Crippen MR) is 45.4 cm³/mol. The predicted octanol–water partition coefficient (Wildman–Crippen LogP) is 1.79. The molecule has 0 aromatic rings. The van der Waals surface area contributed by atoms with Gasteiger partial charge in [0.2, 0.25) is 0 Å². The standard InChI is InChI=1S/C8H16N2/c1-6(2)8(10-4)5-7(3)9/h5-6,9-10H,1-4H3/b8-5-,9-7?. The molecule has 0 unspecified atom stereocenters. The average Bonchev–Trinajstić information content (AvgIpc) is 1.81. The lowest BCUT2D eigenvalue weighted by molar-refractivity contribution is 0.700. The molecule has 0 fully saturated rings. The van der Waals surface area contributed by atoms with Crippen LogP contribution in [-0.4, -0.2) is 12.8 Å². The number of allylic oxidation sites excluding steroid dienone is 2. The molecule has 10 heavy (non-hydrogen) atoms. The van der Waals surface area contributed by atoms with Gasteiger partial charge in [-0.15, -0.1) is 0 Å². The molecule has 0 amide bonds. The Hall–Kier alpha value is -0.790. The van der Waals surface area contributed by atoms with Crippen LogP contribution < -0.4 is 5.32 Å². The SMILES string of the molecule is CN/C(=C\C(C)=N)C(C)C. The molecule has 0 spiro atoms. The maximum Gasteiger partial charge on any atom is 0.0300 e. The third-order valence-electron chi connectivity index (χ3n) is 1.28. The molecule has 0 radical (unpaired) electrons. The molecular weight excluding hydrogens is 124 g/mol. The van der Waals surface area contributed by atoms with Crippen LogP contribution in [0.4, 0.5) is 0 Å². The van der Waals surface area contributed by atoms with E-state index in [2.05, 4.69) is 19.2 Å². The van der Waals surface area contributed by atoms with E-state index >= 15 is 0 Å². The molecule has 0 aromatic heterocycles. The third kappa shape index (κ3) is 3.28. The Labute approximate surface area is 62.8 Å². The first kappa shape index (κ1) is 9.21. The summed E-state index contributed by atoms with van der Waals surface area (Å²) in [4.78, 5) is 0. The first-order valence-corrected chi connectivity index (χ1v) is 3.52. The summed E-state index contributed by atoms with van der Waals surface area (Å²) in [5.74, 6) is 0.477. The molecule has 0 aliphatic heterocycles.